The number of rotatable bonds is 7. The molecule has 27 heavy (non-hydrogen) atoms. The van der Waals surface area contributed by atoms with E-state index in [0.29, 0.717) is 23.9 Å². The lowest BCUT2D eigenvalue weighted by atomic mass is 10.2. The predicted molar refractivity (Wildman–Crippen MR) is 119 cm³/mol. The third-order valence-corrected chi connectivity index (χ3v) is 3.66. The molecular weight excluding hydrogens is 457 g/mol. The van der Waals surface area contributed by atoms with Gasteiger partial charge in [-0.05, 0) is 29.8 Å². The summed E-state index contributed by atoms with van der Waals surface area (Å²) in [5.74, 6) is 1.19. The highest BCUT2D eigenvalue weighted by Gasteiger charge is 2.07. The van der Waals surface area contributed by atoms with Crippen LogP contribution in [0.25, 0.3) is 0 Å². The molecule has 0 aliphatic rings. The number of carbonyl (C=O) groups excluding carboxylic acids is 1. The fourth-order valence-electron chi connectivity index (χ4n) is 2.41. The van der Waals surface area contributed by atoms with Crippen LogP contribution in [0.2, 0.25) is 0 Å². The standard InChI is InChI=1S/C19H25N5O2.HI/c1-14(25)24-17-12-15(7-8-18(17)26-3)13-23-19(20-2)22-11-9-16-6-4-5-10-21-16;/h4-8,10,12H,9,11,13H2,1-3H3,(H,24,25)(H2,20,22,23);1H. The van der Waals surface area contributed by atoms with Gasteiger partial charge in [0.2, 0.25) is 5.91 Å². The topological polar surface area (TPSA) is 87.6 Å². The van der Waals surface area contributed by atoms with Crippen LogP contribution in [0.3, 0.4) is 0 Å². The third-order valence-electron chi connectivity index (χ3n) is 3.66. The average Bonchev–Trinajstić information content (AvgIpc) is 2.65. The number of nitrogens with one attached hydrogen (secondary N) is 3. The Bertz CT molecular complexity index is 753. The molecule has 0 fully saturated rings. The minimum atomic E-state index is -0.139. The molecule has 1 amide bonds. The van der Waals surface area contributed by atoms with Crippen LogP contribution in [0.4, 0.5) is 5.69 Å². The molecule has 0 bridgehead atoms. The number of ether oxygens (including phenoxy) is 1. The van der Waals surface area contributed by atoms with Gasteiger partial charge in [-0.3, -0.25) is 14.8 Å². The molecule has 3 N–H and O–H groups in total. The molecule has 8 heteroatoms. The van der Waals surface area contributed by atoms with Crippen molar-refractivity contribution in [2.75, 3.05) is 26.0 Å². The summed E-state index contributed by atoms with van der Waals surface area (Å²) in [7, 11) is 3.30. The first kappa shape index (κ1) is 22.7. The second-order valence-corrected chi connectivity index (χ2v) is 5.64. The minimum absolute atomic E-state index is 0. The van der Waals surface area contributed by atoms with Crippen molar-refractivity contribution in [1.82, 2.24) is 15.6 Å². The number of nitrogens with zero attached hydrogens (tertiary/aromatic N) is 2. The van der Waals surface area contributed by atoms with Crippen molar-refractivity contribution in [2.45, 2.75) is 19.9 Å². The molecule has 146 valence electrons. The van der Waals surface area contributed by atoms with Gasteiger partial charge in [-0.1, -0.05) is 12.1 Å². The molecule has 1 heterocycles. The van der Waals surface area contributed by atoms with E-state index in [0.717, 1.165) is 24.2 Å². The van der Waals surface area contributed by atoms with Crippen molar-refractivity contribution < 1.29 is 9.53 Å². The van der Waals surface area contributed by atoms with Gasteiger partial charge < -0.3 is 20.7 Å². The average molecular weight is 483 g/mol. The number of benzene rings is 1. The van der Waals surface area contributed by atoms with Gasteiger partial charge in [0, 0.05) is 45.4 Å². The SMILES string of the molecule is CN=C(NCCc1ccccn1)NCc1ccc(OC)c(NC(C)=O)c1.I. The number of hydrogen-bond donors (Lipinski definition) is 3. The van der Waals surface area contributed by atoms with E-state index in [-0.39, 0.29) is 29.9 Å². The van der Waals surface area contributed by atoms with Crippen molar-refractivity contribution in [3.8, 4) is 5.75 Å². The van der Waals surface area contributed by atoms with Gasteiger partial charge in [0.15, 0.2) is 5.96 Å². The second-order valence-electron chi connectivity index (χ2n) is 5.64. The van der Waals surface area contributed by atoms with E-state index < -0.39 is 0 Å². The number of anilines is 1. The number of methoxy groups -OCH3 is 1. The molecule has 2 rings (SSSR count). The van der Waals surface area contributed by atoms with Crippen LogP contribution in [0, 0.1) is 0 Å². The Labute approximate surface area is 177 Å². The lowest BCUT2D eigenvalue weighted by molar-refractivity contribution is -0.114. The molecule has 1 aromatic heterocycles. The van der Waals surface area contributed by atoms with E-state index in [4.69, 9.17) is 4.74 Å². The van der Waals surface area contributed by atoms with Crippen LogP contribution in [-0.4, -0.2) is 37.6 Å². The highest BCUT2D eigenvalue weighted by atomic mass is 127. The van der Waals surface area contributed by atoms with Crippen LogP contribution < -0.4 is 20.7 Å². The van der Waals surface area contributed by atoms with Gasteiger partial charge in [0.1, 0.15) is 5.75 Å². The first-order valence-corrected chi connectivity index (χ1v) is 8.41. The van der Waals surface area contributed by atoms with Crippen LogP contribution in [0.15, 0.2) is 47.6 Å². The zero-order valence-corrected chi connectivity index (χ0v) is 18.1. The molecule has 0 saturated heterocycles. The zero-order chi connectivity index (χ0) is 18.8. The molecule has 0 saturated carbocycles. The quantitative estimate of drug-likeness (QED) is 0.320. The Morgan fingerprint density at radius 3 is 2.67 bits per heavy atom. The van der Waals surface area contributed by atoms with Crippen molar-refractivity contribution in [2.24, 2.45) is 4.99 Å². The Balaban J connectivity index is 0.00000364. The fraction of sp³-hybridized carbons (Fsp3) is 0.316. The van der Waals surface area contributed by atoms with Gasteiger partial charge in [-0.2, -0.15) is 0 Å². The molecule has 0 spiro atoms. The molecule has 0 aliphatic carbocycles. The van der Waals surface area contributed by atoms with Crippen LogP contribution >= 0.6 is 24.0 Å². The van der Waals surface area contributed by atoms with Crippen molar-refractivity contribution >= 4 is 41.5 Å². The summed E-state index contributed by atoms with van der Waals surface area (Å²) < 4.78 is 5.27. The Morgan fingerprint density at radius 2 is 2.04 bits per heavy atom. The van der Waals surface area contributed by atoms with Gasteiger partial charge in [-0.15, -0.1) is 24.0 Å². The largest absolute Gasteiger partial charge is 0.495 e. The molecule has 0 aliphatic heterocycles. The number of hydrogen-bond acceptors (Lipinski definition) is 4. The summed E-state index contributed by atoms with van der Waals surface area (Å²) in [6, 6.07) is 11.5. The lowest BCUT2D eigenvalue weighted by Crippen LogP contribution is -2.37. The Hall–Kier alpha value is -2.36. The lowest BCUT2D eigenvalue weighted by Gasteiger charge is -2.14. The van der Waals surface area contributed by atoms with E-state index in [1.54, 1.807) is 20.4 Å². The van der Waals surface area contributed by atoms with Crippen LogP contribution in [-0.2, 0) is 17.8 Å². The van der Waals surface area contributed by atoms with Crippen molar-refractivity contribution in [1.29, 1.82) is 0 Å². The van der Waals surface area contributed by atoms with Gasteiger partial charge in [0.05, 0.1) is 12.8 Å². The number of halogens is 1. The number of carbonyl (C=O) groups is 1. The molecule has 7 nitrogen and oxygen atoms in total. The first-order chi connectivity index (χ1) is 12.6. The van der Waals surface area contributed by atoms with E-state index in [1.165, 1.54) is 6.92 Å². The third kappa shape index (κ3) is 7.81. The van der Waals surface area contributed by atoms with Crippen LogP contribution in [0.5, 0.6) is 5.75 Å². The number of aromatic nitrogens is 1. The van der Waals surface area contributed by atoms with Crippen LogP contribution in [0.1, 0.15) is 18.2 Å². The Morgan fingerprint density at radius 1 is 1.22 bits per heavy atom. The maximum Gasteiger partial charge on any atom is 0.221 e. The monoisotopic (exact) mass is 483 g/mol. The second kappa shape index (κ2) is 12.1. The summed E-state index contributed by atoms with van der Waals surface area (Å²) >= 11 is 0. The summed E-state index contributed by atoms with van der Waals surface area (Å²) in [5, 5.41) is 9.29. The van der Waals surface area contributed by atoms with Crippen molar-refractivity contribution in [3.05, 3.63) is 53.9 Å². The number of amides is 1. The zero-order valence-electron chi connectivity index (χ0n) is 15.8. The van der Waals surface area contributed by atoms with Crippen molar-refractivity contribution in [3.63, 3.8) is 0 Å². The summed E-state index contributed by atoms with van der Waals surface area (Å²) in [6.45, 7) is 2.77. The molecule has 0 radical (unpaired) electrons. The highest BCUT2D eigenvalue weighted by molar-refractivity contribution is 14.0. The highest BCUT2D eigenvalue weighted by Crippen LogP contribution is 2.25. The van der Waals surface area contributed by atoms with Gasteiger partial charge >= 0.3 is 0 Å². The molecule has 0 atom stereocenters. The number of aliphatic imine (C=N–C) groups is 1. The predicted octanol–water partition coefficient (Wildman–Crippen LogP) is 2.57. The number of pyridine rings is 1. The first-order valence-electron chi connectivity index (χ1n) is 8.41. The minimum Gasteiger partial charge on any atom is -0.495 e. The summed E-state index contributed by atoms with van der Waals surface area (Å²) in [5.41, 5.74) is 2.69. The summed E-state index contributed by atoms with van der Waals surface area (Å²) in [4.78, 5) is 19.8. The normalized spacial score (nSPS) is 10.6. The maximum atomic E-state index is 11.3. The van der Waals surface area contributed by atoms with E-state index >= 15 is 0 Å². The smallest absolute Gasteiger partial charge is 0.221 e. The summed E-state index contributed by atoms with van der Waals surface area (Å²) in [6.07, 6.45) is 2.61. The number of guanidine groups is 1. The van der Waals surface area contributed by atoms with E-state index in [1.807, 2.05) is 36.4 Å². The van der Waals surface area contributed by atoms with E-state index in [2.05, 4.69) is 25.9 Å². The molecule has 1 aromatic carbocycles. The Kier molecular flexibility index (Phi) is 10.2. The maximum absolute atomic E-state index is 11.3. The molecule has 2 aromatic rings. The molecular formula is C19H26IN5O2. The van der Waals surface area contributed by atoms with E-state index in [9.17, 15) is 4.79 Å². The van der Waals surface area contributed by atoms with Gasteiger partial charge in [0.25, 0.3) is 0 Å². The molecule has 0 unspecified atom stereocenters. The van der Waals surface area contributed by atoms with Gasteiger partial charge in [-0.25, -0.2) is 0 Å². The fourth-order valence-corrected chi connectivity index (χ4v) is 2.41.